The molecule has 2 aromatic heterocycles. The summed E-state index contributed by atoms with van der Waals surface area (Å²) in [5.74, 6) is 1.12. The van der Waals surface area contributed by atoms with Crippen molar-refractivity contribution in [2.75, 3.05) is 11.1 Å². The molecule has 0 spiro atoms. The van der Waals surface area contributed by atoms with Crippen molar-refractivity contribution in [3.05, 3.63) is 40.8 Å². The van der Waals surface area contributed by atoms with Crippen LogP contribution in [0.15, 0.2) is 29.6 Å². The van der Waals surface area contributed by atoms with Crippen LogP contribution >= 0.6 is 11.3 Å². The number of nitrogens with two attached hydrogens (primary N) is 1. The van der Waals surface area contributed by atoms with Crippen LogP contribution in [0.4, 0.5) is 17.5 Å². The van der Waals surface area contributed by atoms with E-state index in [9.17, 15) is 0 Å². The molecule has 5 heteroatoms. The first-order valence-corrected chi connectivity index (χ1v) is 8.08. The summed E-state index contributed by atoms with van der Waals surface area (Å²) in [5, 5.41) is 6.53. The molecule has 4 rings (SSSR count). The molecule has 0 atom stereocenters. The molecule has 0 saturated heterocycles. The maximum atomic E-state index is 5.82. The molecular weight excluding hydrogens is 280 g/mol. The van der Waals surface area contributed by atoms with E-state index in [1.54, 1.807) is 11.3 Å². The number of anilines is 3. The third-order valence-corrected chi connectivity index (χ3v) is 4.80. The highest BCUT2D eigenvalue weighted by Crippen LogP contribution is 2.32. The monoisotopic (exact) mass is 296 g/mol. The first kappa shape index (κ1) is 12.6. The first-order chi connectivity index (χ1) is 10.3. The van der Waals surface area contributed by atoms with Crippen molar-refractivity contribution in [1.29, 1.82) is 0 Å². The van der Waals surface area contributed by atoms with Crippen molar-refractivity contribution in [3.63, 3.8) is 0 Å². The van der Waals surface area contributed by atoms with E-state index in [4.69, 9.17) is 5.73 Å². The summed E-state index contributed by atoms with van der Waals surface area (Å²) in [7, 11) is 0. The van der Waals surface area contributed by atoms with Crippen LogP contribution in [0, 0.1) is 0 Å². The number of hydrogen-bond donors (Lipinski definition) is 2. The van der Waals surface area contributed by atoms with E-state index in [0.717, 1.165) is 28.1 Å². The van der Waals surface area contributed by atoms with Crippen molar-refractivity contribution in [2.24, 2.45) is 0 Å². The molecule has 0 unspecified atom stereocenters. The molecule has 3 N–H and O–H groups in total. The molecule has 0 aliphatic heterocycles. The molecule has 0 fully saturated rings. The summed E-state index contributed by atoms with van der Waals surface area (Å²) in [6.07, 6.45) is 4.84. The van der Waals surface area contributed by atoms with Gasteiger partial charge in [0, 0.05) is 5.69 Å². The highest BCUT2D eigenvalue weighted by molar-refractivity contribution is 7.16. The number of fused-ring (bicyclic) bond motifs is 2. The number of aromatic nitrogens is 2. The average Bonchev–Trinajstić information content (AvgIpc) is 2.96. The van der Waals surface area contributed by atoms with Crippen LogP contribution in [0.25, 0.3) is 10.2 Å². The number of benzene rings is 1. The summed E-state index contributed by atoms with van der Waals surface area (Å²) < 4.78 is 0. The van der Waals surface area contributed by atoms with E-state index in [2.05, 4.69) is 33.5 Å². The van der Waals surface area contributed by atoms with E-state index < -0.39 is 0 Å². The van der Waals surface area contributed by atoms with E-state index in [1.807, 2.05) is 11.4 Å². The Balaban J connectivity index is 1.80. The quantitative estimate of drug-likeness (QED) is 0.753. The van der Waals surface area contributed by atoms with Crippen LogP contribution in [0.3, 0.4) is 0 Å². The molecule has 0 bridgehead atoms. The second-order valence-corrected chi connectivity index (χ2v) is 6.24. The van der Waals surface area contributed by atoms with Gasteiger partial charge in [0.15, 0.2) is 0 Å². The van der Waals surface area contributed by atoms with Crippen LogP contribution in [0.5, 0.6) is 0 Å². The molecule has 0 saturated carbocycles. The fourth-order valence-corrected chi connectivity index (χ4v) is 3.76. The molecule has 3 aromatic rings. The smallest absolute Gasteiger partial charge is 0.223 e. The Morgan fingerprint density at radius 2 is 2.00 bits per heavy atom. The number of nitrogen functional groups attached to an aromatic ring is 1. The Morgan fingerprint density at radius 1 is 1.10 bits per heavy atom. The Hall–Kier alpha value is -2.14. The summed E-state index contributed by atoms with van der Waals surface area (Å²) in [6, 6.07) is 8.51. The lowest BCUT2D eigenvalue weighted by Crippen LogP contribution is -2.07. The fourth-order valence-electron chi connectivity index (χ4n) is 2.99. The van der Waals surface area contributed by atoms with Crippen LogP contribution in [0.1, 0.15) is 24.0 Å². The maximum Gasteiger partial charge on any atom is 0.223 e. The van der Waals surface area contributed by atoms with Gasteiger partial charge >= 0.3 is 0 Å². The third-order valence-electron chi connectivity index (χ3n) is 3.99. The zero-order valence-corrected chi connectivity index (χ0v) is 12.4. The molecule has 1 aliphatic carbocycles. The summed E-state index contributed by atoms with van der Waals surface area (Å²) in [6.45, 7) is 0. The normalized spacial score (nSPS) is 14.1. The lowest BCUT2D eigenvalue weighted by molar-refractivity contribution is 0.687. The van der Waals surface area contributed by atoms with Crippen molar-refractivity contribution in [1.82, 2.24) is 9.97 Å². The van der Waals surface area contributed by atoms with Gasteiger partial charge in [-0.15, -0.1) is 11.3 Å². The van der Waals surface area contributed by atoms with Gasteiger partial charge < -0.3 is 11.1 Å². The average molecular weight is 296 g/mol. The Morgan fingerprint density at radius 3 is 2.95 bits per heavy atom. The SMILES string of the molecule is Nc1nc(Nc2cccc3c2CCCC3)c2ccsc2n1. The third kappa shape index (κ3) is 2.23. The van der Waals surface area contributed by atoms with Gasteiger partial charge in [0.2, 0.25) is 5.95 Å². The van der Waals surface area contributed by atoms with Crippen LogP contribution in [0.2, 0.25) is 0 Å². The molecule has 21 heavy (non-hydrogen) atoms. The van der Waals surface area contributed by atoms with Gasteiger partial charge in [-0.1, -0.05) is 12.1 Å². The largest absolute Gasteiger partial charge is 0.368 e. The van der Waals surface area contributed by atoms with Crippen molar-refractivity contribution in [3.8, 4) is 0 Å². The van der Waals surface area contributed by atoms with Gasteiger partial charge in [0.25, 0.3) is 0 Å². The zero-order chi connectivity index (χ0) is 14.2. The molecule has 4 nitrogen and oxygen atoms in total. The highest BCUT2D eigenvalue weighted by Gasteiger charge is 2.14. The summed E-state index contributed by atoms with van der Waals surface area (Å²) >= 11 is 1.58. The Kier molecular flexibility index (Phi) is 3.00. The number of rotatable bonds is 2. The van der Waals surface area contributed by atoms with E-state index >= 15 is 0 Å². The van der Waals surface area contributed by atoms with Gasteiger partial charge in [0.1, 0.15) is 10.6 Å². The summed E-state index contributed by atoms with van der Waals surface area (Å²) in [4.78, 5) is 9.58. The number of nitrogens with zero attached hydrogens (tertiary/aromatic N) is 2. The van der Waals surface area contributed by atoms with Crippen LogP contribution in [-0.4, -0.2) is 9.97 Å². The standard InChI is InChI=1S/C16H16N4S/c17-16-19-14(12-8-9-21-15(12)20-16)18-13-7-3-5-10-4-1-2-6-11(10)13/h3,5,7-9H,1-2,4,6H2,(H3,17,18,19,20). The number of aryl methyl sites for hydroxylation is 1. The molecule has 0 amide bonds. The minimum absolute atomic E-state index is 0.317. The van der Waals surface area contributed by atoms with Crippen molar-refractivity contribution < 1.29 is 0 Å². The predicted molar refractivity (Wildman–Crippen MR) is 88.2 cm³/mol. The topological polar surface area (TPSA) is 63.8 Å². The molecule has 0 radical (unpaired) electrons. The lowest BCUT2D eigenvalue weighted by Gasteiger charge is -2.20. The van der Waals surface area contributed by atoms with E-state index in [-0.39, 0.29) is 0 Å². The molecule has 1 aliphatic rings. The summed E-state index contributed by atoms with van der Waals surface area (Å²) in [5.41, 5.74) is 9.84. The molecule has 1 aromatic carbocycles. The van der Waals surface area contributed by atoms with Crippen LogP contribution in [-0.2, 0) is 12.8 Å². The first-order valence-electron chi connectivity index (χ1n) is 7.20. The lowest BCUT2D eigenvalue weighted by atomic mass is 9.90. The molecule has 106 valence electrons. The van der Waals surface area contributed by atoms with E-state index in [1.165, 1.54) is 30.4 Å². The number of nitrogens with one attached hydrogen (secondary N) is 1. The Bertz CT molecular complexity index is 809. The van der Waals surface area contributed by atoms with Gasteiger partial charge in [0.05, 0.1) is 5.39 Å². The maximum absolute atomic E-state index is 5.82. The van der Waals surface area contributed by atoms with Gasteiger partial charge in [-0.2, -0.15) is 4.98 Å². The minimum atomic E-state index is 0.317. The number of thiophene rings is 1. The fraction of sp³-hybridized carbons (Fsp3) is 0.250. The number of hydrogen-bond acceptors (Lipinski definition) is 5. The van der Waals surface area contributed by atoms with Crippen molar-refractivity contribution >= 4 is 39.0 Å². The van der Waals surface area contributed by atoms with Gasteiger partial charge in [-0.25, -0.2) is 4.98 Å². The highest BCUT2D eigenvalue weighted by atomic mass is 32.1. The van der Waals surface area contributed by atoms with Gasteiger partial charge in [-0.05, 0) is 54.3 Å². The predicted octanol–water partition coefficient (Wildman–Crippen LogP) is 3.90. The Labute approximate surface area is 127 Å². The molecule has 2 heterocycles. The second kappa shape index (κ2) is 5.00. The minimum Gasteiger partial charge on any atom is -0.368 e. The van der Waals surface area contributed by atoms with Crippen molar-refractivity contribution in [2.45, 2.75) is 25.7 Å². The van der Waals surface area contributed by atoms with Gasteiger partial charge in [-0.3, -0.25) is 0 Å². The zero-order valence-electron chi connectivity index (χ0n) is 11.6. The van der Waals surface area contributed by atoms with E-state index in [0.29, 0.717) is 5.95 Å². The molecular formula is C16H16N4S. The second-order valence-electron chi connectivity index (χ2n) is 5.35. The van der Waals surface area contributed by atoms with Crippen LogP contribution < -0.4 is 11.1 Å².